The summed E-state index contributed by atoms with van der Waals surface area (Å²) in [6, 6.07) is 14.9. The van der Waals surface area contributed by atoms with Gasteiger partial charge < -0.3 is 9.73 Å². The summed E-state index contributed by atoms with van der Waals surface area (Å²) in [6.07, 6.45) is 0. The van der Waals surface area contributed by atoms with E-state index in [0.717, 1.165) is 0 Å². The SMILES string of the molecule is CCS(=O)(=O)c1ccc(NC(=O)c2ccc(-c3ccccc3F)o2)cc1. The zero-order valence-electron chi connectivity index (χ0n) is 13.9. The number of benzene rings is 2. The van der Waals surface area contributed by atoms with Crippen molar-refractivity contribution in [3.63, 3.8) is 0 Å². The lowest BCUT2D eigenvalue weighted by Crippen LogP contribution is -2.11. The molecule has 26 heavy (non-hydrogen) atoms. The molecule has 2 aromatic carbocycles. The van der Waals surface area contributed by atoms with Gasteiger partial charge in [-0.05, 0) is 48.5 Å². The predicted octanol–water partition coefficient (Wildman–Crippen LogP) is 4.13. The number of anilines is 1. The largest absolute Gasteiger partial charge is 0.451 e. The van der Waals surface area contributed by atoms with Gasteiger partial charge in [0, 0.05) is 5.69 Å². The minimum atomic E-state index is -3.29. The average Bonchev–Trinajstić information content (AvgIpc) is 3.12. The molecule has 1 aromatic heterocycles. The highest BCUT2D eigenvalue weighted by atomic mass is 32.2. The standard InChI is InChI=1S/C19H16FNO4S/c1-2-26(23,24)14-9-7-13(8-10-14)21-19(22)18-12-11-17(25-18)15-5-3-4-6-16(15)20/h3-12H,2H2,1H3,(H,21,22). The number of carbonyl (C=O) groups is 1. The second kappa shape index (κ2) is 7.13. The van der Waals surface area contributed by atoms with E-state index in [0.29, 0.717) is 5.69 Å². The Kier molecular flexibility index (Phi) is 4.90. The van der Waals surface area contributed by atoms with Gasteiger partial charge in [0.25, 0.3) is 5.91 Å². The molecule has 3 rings (SSSR count). The molecule has 0 spiro atoms. The molecule has 0 saturated heterocycles. The van der Waals surface area contributed by atoms with Gasteiger partial charge in [0.2, 0.25) is 0 Å². The van der Waals surface area contributed by atoms with Crippen LogP contribution in [0.15, 0.2) is 70.0 Å². The average molecular weight is 373 g/mol. The Morgan fingerprint density at radius 2 is 1.73 bits per heavy atom. The summed E-state index contributed by atoms with van der Waals surface area (Å²) in [4.78, 5) is 12.5. The summed E-state index contributed by atoms with van der Waals surface area (Å²) < 4.78 is 42.8. The third-order valence-corrected chi connectivity index (χ3v) is 5.57. The molecule has 5 nitrogen and oxygen atoms in total. The first-order chi connectivity index (χ1) is 12.4. The number of amides is 1. The Morgan fingerprint density at radius 1 is 1.04 bits per heavy atom. The van der Waals surface area contributed by atoms with E-state index in [1.807, 2.05) is 0 Å². The lowest BCUT2D eigenvalue weighted by molar-refractivity contribution is 0.0997. The smallest absolute Gasteiger partial charge is 0.291 e. The first-order valence-corrected chi connectivity index (χ1v) is 9.55. The molecular weight excluding hydrogens is 357 g/mol. The summed E-state index contributed by atoms with van der Waals surface area (Å²) >= 11 is 0. The molecule has 0 saturated carbocycles. The lowest BCUT2D eigenvalue weighted by Gasteiger charge is -2.05. The molecule has 0 aliphatic carbocycles. The fourth-order valence-electron chi connectivity index (χ4n) is 2.37. The van der Waals surface area contributed by atoms with E-state index in [2.05, 4.69) is 5.32 Å². The quantitative estimate of drug-likeness (QED) is 0.729. The van der Waals surface area contributed by atoms with Crippen LogP contribution >= 0.6 is 0 Å². The van der Waals surface area contributed by atoms with Crippen LogP contribution in [0.3, 0.4) is 0 Å². The summed E-state index contributed by atoms with van der Waals surface area (Å²) in [5, 5.41) is 2.61. The Labute approximate surface area is 150 Å². The van der Waals surface area contributed by atoms with Crippen LogP contribution in [-0.2, 0) is 9.84 Å². The first kappa shape index (κ1) is 17.9. The minimum Gasteiger partial charge on any atom is -0.451 e. The third-order valence-electron chi connectivity index (χ3n) is 3.82. The fraction of sp³-hybridized carbons (Fsp3) is 0.105. The van der Waals surface area contributed by atoms with Crippen molar-refractivity contribution in [2.24, 2.45) is 0 Å². The summed E-state index contributed by atoms with van der Waals surface area (Å²) in [6.45, 7) is 1.56. The van der Waals surface area contributed by atoms with E-state index in [1.54, 1.807) is 25.1 Å². The first-order valence-electron chi connectivity index (χ1n) is 7.89. The number of hydrogen-bond donors (Lipinski definition) is 1. The van der Waals surface area contributed by atoms with Crippen molar-refractivity contribution in [1.29, 1.82) is 0 Å². The van der Waals surface area contributed by atoms with E-state index in [-0.39, 0.29) is 27.7 Å². The van der Waals surface area contributed by atoms with Crippen molar-refractivity contribution in [2.45, 2.75) is 11.8 Å². The number of nitrogens with one attached hydrogen (secondary N) is 1. The molecule has 134 valence electrons. The molecule has 0 atom stereocenters. The van der Waals surface area contributed by atoms with Gasteiger partial charge in [0.15, 0.2) is 15.6 Å². The van der Waals surface area contributed by atoms with Gasteiger partial charge >= 0.3 is 0 Å². The molecule has 1 heterocycles. The van der Waals surface area contributed by atoms with Crippen LogP contribution in [0.5, 0.6) is 0 Å². The zero-order valence-corrected chi connectivity index (χ0v) is 14.7. The highest BCUT2D eigenvalue weighted by Gasteiger charge is 2.15. The molecule has 0 unspecified atom stereocenters. The van der Waals surface area contributed by atoms with Gasteiger partial charge in [-0.25, -0.2) is 12.8 Å². The van der Waals surface area contributed by atoms with Gasteiger partial charge in [0.1, 0.15) is 11.6 Å². The number of carbonyl (C=O) groups excluding carboxylic acids is 1. The van der Waals surface area contributed by atoms with Gasteiger partial charge in [-0.1, -0.05) is 19.1 Å². The van der Waals surface area contributed by atoms with E-state index in [1.165, 1.54) is 42.5 Å². The normalized spacial score (nSPS) is 11.3. The molecule has 1 amide bonds. The molecule has 0 aliphatic rings. The van der Waals surface area contributed by atoms with E-state index >= 15 is 0 Å². The summed E-state index contributed by atoms with van der Waals surface area (Å²) in [5.74, 6) is -0.685. The second-order valence-electron chi connectivity index (χ2n) is 5.53. The molecule has 1 N–H and O–H groups in total. The van der Waals surface area contributed by atoms with Crippen molar-refractivity contribution < 1.29 is 22.0 Å². The predicted molar refractivity (Wildman–Crippen MR) is 96.2 cm³/mol. The highest BCUT2D eigenvalue weighted by molar-refractivity contribution is 7.91. The van der Waals surface area contributed by atoms with Crippen LogP contribution in [0.4, 0.5) is 10.1 Å². The van der Waals surface area contributed by atoms with Crippen molar-refractivity contribution in [3.05, 3.63) is 72.2 Å². The molecule has 3 aromatic rings. The van der Waals surface area contributed by atoms with Crippen molar-refractivity contribution in [1.82, 2.24) is 0 Å². The summed E-state index contributed by atoms with van der Waals surface area (Å²) in [7, 11) is -3.29. The number of hydrogen-bond acceptors (Lipinski definition) is 4. The zero-order chi connectivity index (χ0) is 18.7. The van der Waals surface area contributed by atoms with Crippen LogP contribution < -0.4 is 5.32 Å². The molecule has 0 aliphatic heterocycles. The Bertz CT molecular complexity index is 1040. The van der Waals surface area contributed by atoms with E-state index < -0.39 is 21.6 Å². The van der Waals surface area contributed by atoms with Crippen molar-refractivity contribution >= 4 is 21.4 Å². The number of halogens is 1. The fourth-order valence-corrected chi connectivity index (χ4v) is 3.25. The van der Waals surface area contributed by atoms with Gasteiger partial charge in [0.05, 0.1) is 16.2 Å². The van der Waals surface area contributed by atoms with E-state index in [4.69, 9.17) is 4.42 Å². The lowest BCUT2D eigenvalue weighted by atomic mass is 10.1. The maximum absolute atomic E-state index is 13.8. The monoisotopic (exact) mass is 373 g/mol. The summed E-state index contributed by atoms with van der Waals surface area (Å²) in [5.41, 5.74) is 0.689. The van der Waals surface area contributed by atoms with Crippen LogP contribution in [0.2, 0.25) is 0 Å². The molecule has 0 fully saturated rings. The van der Waals surface area contributed by atoms with Gasteiger partial charge in [-0.15, -0.1) is 0 Å². The third kappa shape index (κ3) is 3.67. The van der Waals surface area contributed by atoms with Crippen LogP contribution in [0, 0.1) is 5.82 Å². The van der Waals surface area contributed by atoms with Gasteiger partial charge in [-0.2, -0.15) is 0 Å². The maximum atomic E-state index is 13.8. The Hall–Kier alpha value is -2.93. The van der Waals surface area contributed by atoms with E-state index in [9.17, 15) is 17.6 Å². The number of sulfone groups is 1. The molecule has 0 bridgehead atoms. The number of rotatable bonds is 5. The second-order valence-corrected chi connectivity index (χ2v) is 7.80. The molecule has 0 radical (unpaired) electrons. The molecular formula is C19H16FNO4S. The Morgan fingerprint density at radius 3 is 2.38 bits per heavy atom. The minimum absolute atomic E-state index is 0.00389. The van der Waals surface area contributed by atoms with Crippen LogP contribution in [-0.4, -0.2) is 20.1 Å². The molecule has 7 heteroatoms. The van der Waals surface area contributed by atoms with Crippen molar-refractivity contribution in [2.75, 3.05) is 11.1 Å². The Balaban J connectivity index is 1.76. The maximum Gasteiger partial charge on any atom is 0.291 e. The topological polar surface area (TPSA) is 76.4 Å². The van der Waals surface area contributed by atoms with Crippen LogP contribution in [0.1, 0.15) is 17.5 Å². The highest BCUT2D eigenvalue weighted by Crippen LogP contribution is 2.25. The van der Waals surface area contributed by atoms with Gasteiger partial charge in [-0.3, -0.25) is 4.79 Å². The number of furan rings is 1. The van der Waals surface area contributed by atoms with Crippen molar-refractivity contribution in [3.8, 4) is 11.3 Å². The van der Waals surface area contributed by atoms with Crippen LogP contribution in [0.25, 0.3) is 11.3 Å².